The number of fused-ring (bicyclic) bond motifs is 1. The number of para-hydroxylation sites is 1. The second-order valence-corrected chi connectivity index (χ2v) is 8.04. The van der Waals surface area contributed by atoms with E-state index in [0.717, 1.165) is 50.7 Å². The fraction of sp³-hybridized carbons (Fsp3) is 0.364. The van der Waals surface area contributed by atoms with Crippen LogP contribution >= 0.6 is 0 Å². The van der Waals surface area contributed by atoms with Gasteiger partial charge in [-0.3, -0.25) is 0 Å². The van der Waals surface area contributed by atoms with E-state index in [-0.39, 0.29) is 11.4 Å². The van der Waals surface area contributed by atoms with Crippen LogP contribution in [0.3, 0.4) is 0 Å². The number of rotatable bonds is 3. The van der Waals surface area contributed by atoms with Crippen molar-refractivity contribution in [3.05, 3.63) is 66.2 Å². The molecule has 6 heteroatoms. The van der Waals surface area contributed by atoms with Gasteiger partial charge in [-0.25, -0.2) is 10.2 Å². The molecule has 0 radical (unpaired) electrons. The summed E-state index contributed by atoms with van der Waals surface area (Å²) in [5.41, 5.74) is 5.80. The number of anilines is 1. The highest BCUT2D eigenvalue weighted by Crippen LogP contribution is 2.40. The van der Waals surface area contributed by atoms with Crippen LogP contribution in [0.15, 0.2) is 65.8 Å². The number of hydrogen-bond acceptors (Lipinski definition) is 4. The van der Waals surface area contributed by atoms with Crippen LogP contribution in [0.2, 0.25) is 0 Å². The van der Waals surface area contributed by atoms with Crippen LogP contribution in [0.4, 0.5) is 10.5 Å². The highest BCUT2D eigenvalue weighted by molar-refractivity contribution is 6.00. The van der Waals surface area contributed by atoms with E-state index in [1.54, 1.807) is 0 Å². The molecular weight excluding hydrogens is 350 g/mol. The van der Waals surface area contributed by atoms with Gasteiger partial charge in [0, 0.05) is 50.9 Å². The van der Waals surface area contributed by atoms with Crippen molar-refractivity contribution < 1.29 is 4.79 Å². The molecule has 0 aliphatic carbocycles. The monoisotopic (exact) mass is 375 g/mol. The van der Waals surface area contributed by atoms with E-state index in [1.165, 1.54) is 5.56 Å². The van der Waals surface area contributed by atoms with Crippen molar-refractivity contribution in [3.63, 3.8) is 0 Å². The summed E-state index contributed by atoms with van der Waals surface area (Å²) in [6, 6.07) is 19.8. The van der Waals surface area contributed by atoms with Crippen molar-refractivity contribution in [2.45, 2.75) is 5.41 Å². The Kier molecular flexibility index (Phi) is 4.37. The molecule has 2 aromatic rings. The van der Waals surface area contributed by atoms with Crippen molar-refractivity contribution in [1.29, 1.82) is 0 Å². The number of nitrogens with zero attached hydrogens (tertiary/aromatic N) is 3. The van der Waals surface area contributed by atoms with E-state index in [0.29, 0.717) is 5.92 Å². The Labute approximate surface area is 165 Å². The molecule has 2 amide bonds. The van der Waals surface area contributed by atoms with Crippen LogP contribution in [0.1, 0.15) is 5.56 Å². The van der Waals surface area contributed by atoms with E-state index in [1.807, 2.05) is 30.3 Å². The lowest BCUT2D eigenvalue weighted by atomic mass is 9.66. The predicted molar refractivity (Wildman–Crippen MR) is 111 cm³/mol. The zero-order valence-electron chi connectivity index (χ0n) is 15.8. The van der Waals surface area contributed by atoms with Gasteiger partial charge in [0.1, 0.15) is 0 Å². The van der Waals surface area contributed by atoms with Gasteiger partial charge in [0.25, 0.3) is 0 Å². The second-order valence-electron chi connectivity index (χ2n) is 8.04. The number of amides is 2. The molecule has 2 aromatic carbocycles. The number of piperidine rings is 2. The minimum Gasteiger partial charge on any atom is -0.307 e. The lowest BCUT2D eigenvalue weighted by Gasteiger charge is -2.50. The Bertz CT molecular complexity index is 866. The molecule has 28 heavy (non-hydrogen) atoms. The molecule has 4 aliphatic rings. The summed E-state index contributed by atoms with van der Waals surface area (Å²) in [5, 5.41) is 7.56. The number of carbonyl (C=O) groups is 1. The zero-order valence-corrected chi connectivity index (χ0v) is 15.8. The van der Waals surface area contributed by atoms with Crippen LogP contribution in [-0.2, 0) is 5.41 Å². The fourth-order valence-corrected chi connectivity index (χ4v) is 5.05. The predicted octanol–water partition coefficient (Wildman–Crippen LogP) is 2.36. The molecular formula is C22H25N5O. The Morgan fingerprint density at radius 2 is 1.54 bits per heavy atom. The highest BCUT2D eigenvalue weighted by Gasteiger charge is 2.53. The lowest BCUT2D eigenvalue weighted by Crippen LogP contribution is -2.64. The number of hydrogen-bond donors (Lipinski definition) is 2. The molecule has 4 bridgehead atoms. The lowest BCUT2D eigenvalue weighted by molar-refractivity contribution is 0.163. The van der Waals surface area contributed by atoms with Crippen molar-refractivity contribution >= 4 is 17.4 Å². The average Bonchev–Trinajstić information content (AvgIpc) is 2.97. The molecule has 2 unspecified atom stereocenters. The van der Waals surface area contributed by atoms with E-state index >= 15 is 0 Å². The van der Waals surface area contributed by atoms with Gasteiger partial charge in [-0.15, -0.1) is 0 Å². The van der Waals surface area contributed by atoms with Crippen LogP contribution in [0.5, 0.6) is 0 Å². The quantitative estimate of drug-likeness (QED) is 0.810. The summed E-state index contributed by atoms with van der Waals surface area (Å²) < 4.78 is 0. The van der Waals surface area contributed by atoms with E-state index in [4.69, 9.17) is 5.10 Å². The Balaban J connectivity index is 1.45. The third-order valence-electron chi connectivity index (χ3n) is 6.19. The smallest absolute Gasteiger partial charge is 0.307 e. The molecule has 6 nitrogen and oxygen atoms in total. The van der Waals surface area contributed by atoms with Crippen molar-refractivity contribution in [2.75, 3.05) is 44.6 Å². The summed E-state index contributed by atoms with van der Waals surface area (Å²) in [4.78, 5) is 17.5. The Hall–Kier alpha value is -2.70. The molecule has 4 saturated heterocycles. The summed E-state index contributed by atoms with van der Waals surface area (Å²) in [7, 11) is 0. The first kappa shape index (κ1) is 17.4. The summed E-state index contributed by atoms with van der Waals surface area (Å²) in [6.07, 6.45) is 0. The number of urea groups is 1. The van der Waals surface area contributed by atoms with Gasteiger partial charge in [0.2, 0.25) is 0 Å². The van der Waals surface area contributed by atoms with Crippen LogP contribution in [0, 0.1) is 5.92 Å². The van der Waals surface area contributed by atoms with Crippen LogP contribution in [-0.4, -0.2) is 60.8 Å². The normalized spacial score (nSPS) is 32.1. The molecule has 4 heterocycles. The zero-order chi connectivity index (χ0) is 19.0. The molecule has 0 saturated carbocycles. The number of carbonyl (C=O) groups excluding carboxylic acids is 1. The summed E-state index contributed by atoms with van der Waals surface area (Å²) in [6.45, 7) is 6.19. The molecule has 0 aromatic heterocycles. The third-order valence-corrected chi connectivity index (χ3v) is 6.19. The largest absolute Gasteiger partial charge is 0.339 e. The third kappa shape index (κ3) is 3.08. The molecule has 4 aliphatic heterocycles. The maximum atomic E-state index is 12.4. The molecule has 6 rings (SSSR count). The SMILES string of the molecule is O=C(N/N=C1/C2CN3CCN(C2)CC1(c1ccccc1)C3)Nc1ccccc1. The second kappa shape index (κ2) is 7.04. The average molecular weight is 375 g/mol. The molecule has 0 spiro atoms. The van der Waals surface area contributed by atoms with Crippen LogP contribution in [0.25, 0.3) is 0 Å². The summed E-state index contributed by atoms with van der Waals surface area (Å²) >= 11 is 0. The molecule has 144 valence electrons. The number of hydrazone groups is 1. The van der Waals surface area contributed by atoms with Gasteiger partial charge in [-0.1, -0.05) is 48.5 Å². The van der Waals surface area contributed by atoms with Crippen LogP contribution < -0.4 is 10.7 Å². The fourth-order valence-electron chi connectivity index (χ4n) is 5.05. The first-order valence-electron chi connectivity index (χ1n) is 9.93. The van der Waals surface area contributed by atoms with Gasteiger partial charge in [-0.05, 0) is 17.7 Å². The molecule has 2 N–H and O–H groups in total. The Morgan fingerprint density at radius 3 is 2.18 bits per heavy atom. The van der Waals surface area contributed by atoms with Gasteiger partial charge in [0.15, 0.2) is 0 Å². The highest BCUT2D eigenvalue weighted by atomic mass is 16.2. The first-order chi connectivity index (χ1) is 13.7. The minimum atomic E-state index is -0.297. The molecule has 2 atom stereocenters. The van der Waals surface area contributed by atoms with Gasteiger partial charge >= 0.3 is 6.03 Å². The van der Waals surface area contributed by atoms with Crippen molar-refractivity contribution in [2.24, 2.45) is 11.0 Å². The molecule has 4 fully saturated rings. The van der Waals surface area contributed by atoms with E-state index < -0.39 is 0 Å². The minimum absolute atomic E-state index is 0.154. The van der Waals surface area contributed by atoms with Gasteiger partial charge in [0.05, 0.1) is 11.1 Å². The topological polar surface area (TPSA) is 60.0 Å². The number of benzene rings is 2. The van der Waals surface area contributed by atoms with Crippen molar-refractivity contribution in [1.82, 2.24) is 15.2 Å². The number of nitrogens with one attached hydrogen (secondary N) is 2. The van der Waals surface area contributed by atoms with Gasteiger partial charge in [-0.2, -0.15) is 5.10 Å². The first-order valence-corrected chi connectivity index (χ1v) is 9.93. The maximum absolute atomic E-state index is 12.4. The van der Waals surface area contributed by atoms with E-state index in [9.17, 15) is 4.79 Å². The summed E-state index contributed by atoms with van der Waals surface area (Å²) in [5.74, 6) is 0.349. The van der Waals surface area contributed by atoms with Crippen molar-refractivity contribution in [3.8, 4) is 0 Å². The Morgan fingerprint density at radius 1 is 0.929 bits per heavy atom. The maximum Gasteiger partial charge on any atom is 0.339 e. The van der Waals surface area contributed by atoms with E-state index in [2.05, 4.69) is 50.9 Å². The van der Waals surface area contributed by atoms with Gasteiger partial charge < -0.3 is 15.1 Å². The standard InChI is InChI=1S/C22H25N5O/c28-21(23-19-9-5-2-6-10-19)25-24-20-17-13-26-11-12-27(14-17)16-22(20,15-26)18-7-3-1-4-8-18/h1-10,17H,11-16H2,(H2,23,25,28)/b24-20-.